The molecule has 0 heterocycles. The predicted molar refractivity (Wildman–Crippen MR) is 95.7 cm³/mol. The number of rotatable bonds is 7. The van der Waals surface area contributed by atoms with Crippen LogP contribution in [0.1, 0.15) is 0 Å². The second-order valence-corrected chi connectivity index (χ2v) is 5.50. The van der Waals surface area contributed by atoms with E-state index in [4.69, 9.17) is 27.9 Å². The monoisotopic (exact) mass is 350 g/mol. The van der Waals surface area contributed by atoms with Crippen LogP contribution in [0.5, 0.6) is 5.75 Å². The minimum absolute atomic E-state index is 0.0673. The zero-order chi connectivity index (χ0) is 16.7. The summed E-state index contributed by atoms with van der Waals surface area (Å²) in [7, 11) is 0. The number of benzene rings is 2. The normalized spacial score (nSPS) is 10.0. The van der Waals surface area contributed by atoms with Crippen molar-refractivity contribution in [3.8, 4) is 5.75 Å². The van der Waals surface area contributed by atoms with Gasteiger partial charge < -0.3 is 15.4 Å². The van der Waals surface area contributed by atoms with Crippen LogP contribution in [0.3, 0.4) is 0 Å². The summed E-state index contributed by atoms with van der Waals surface area (Å²) in [6.45, 7) is 4.07. The Labute approximate surface area is 145 Å². The quantitative estimate of drug-likeness (QED) is 0.717. The van der Waals surface area contributed by atoms with Crippen LogP contribution in [0.15, 0.2) is 55.1 Å². The molecule has 0 fully saturated rings. The fourth-order valence-electron chi connectivity index (χ4n) is 1.83. The van der Waals surface area contributed by atoms with Crippen LogP contribution in [0.25, 0.3) is 0 Å². The predicted octanol–water partition coefficient (Wildman–Crippen LogP) is 4.61. The second-order valence-electron chi connectivity index (χ2n) is 4.65. The van der Waals surface area contributed by atoms with Gasteiger partial charge in [0.2, 0.25) is 5.91 Å². The Kier molecular flexibility index (Phi) is 6.32. The van der Waals surface area contributed by atoms with Crippen molar-refractivity contribution in [3.05, 3.63) is 65.2 Å². The van der Waals surface area contributed by atoms with E-state index in [9.17, 15) is 4.79 Å². The molecule has 0 saturated heterocycles. The van der Waals surface area contributed by atoms with E-state index in [1.54, 1.807) is 42.5 Å². The molecule has 23 heavy (non-hydrogen) atoms. The molecule has 0 radical (unpaired) electrons. The number of carbonyl (C=O) groups is 1. The van der Waals surface area contributed by atoms with Crippen molar-refractivity contribution in [2.24, 2.45) is 0 Å². The summed E-state index contributed by atoms with van der Waals surface area (Å²) < 4.78 is 5.42. The maximum Gasteiger partial charge on any atom is 0.243 e. The summed E-state index contributed by atoms with van der Waals surface area (Å²) in [5, 5.41) is 6.78. The van der Waals surface area contributed by atoms with Crippen molar-refractivity contribution in [3.63, 3.8) is 0 Å². The minimum atomic E-state index is -0.207. The zero-order valence-electron chi connectivity index (χ0n) is 12.3. The molecule has 120 valence electrons. The molecular weight excluding hydrogens is 335 g/mol. The Morgan fingerprint density at radius 3 is 2.83 bits per heavy atom. The highest BCUT2D eigenvalue weighted by molar-refractivity contribution is 6.35. The highest BCUT2D eigenvalue weighted by Crippen LogP contribution is 2.25. The van der Waals surface area contributed by atoms with Gasteiger partial charge >= 0.3 is 0 Å². The number of hydrogen-bond acceptors (Lipinski definition) is 3. The molecule has 0 atom stereocenters. The van der Waals surface area contributed by atoms with Crippen LogP contribution in [0.2, 0.25) is 10.0 Å². The Hall–Kier alpha value is -2.17. The highest BCUT2D eigenvalue weighted by Gasteiger charge is 2.06. The molecule has 0 aliphatic rings. The fourth-order valence-corrected chi connectivity index (χ4v) is 2.19. The summed E-state index contributed by atoms with van der Waals surface area (Å²) in [6, 6.07) is 12.2. The Balaban J connectivity index is 1.92. The molecule has 0 bridgehead atoms. The van der Waals surface area contributed by atoms with Gasteiger partial charge in [-0.2, -0.15) is 0 Å². The molecule has 0 aliphatic heterocycles. The van der Waals surface area contributed by atoms with Gasteiger partial charge in [0.1, 0.15) is 12.4 Å². The van der Waals surface area contributed by atoms with Gasteiger partial charge in [-0.1, -0.05) is 41.9 Å². The number of ether oxygens (including phenoxy) is 1. The largest absolute Gasteiger partial charge is 0.489 e. The van der Waals surface area contributed by atoms with Crippen LogP contribution >= 0.6 is 23.2 Å². The third-order valence-electron chi connectivity index (χ3n) is 2.85. The van der Waals surface area contributed by atoms with Gasteiger partial charge in [0.05, 0.1) is 17.3 Å². The molecule has 0 aromatic heterocycles. The first-order valence-electron chi connectivity index (χ1n) is 6.91. The van der Waals surface area contributed by atoms with E-state index in [2.05, 4.69) is 17.2 Å². The van der Waals surface area contributed by atoms with E-state index in [1.165, 1.54) is 0 Å². The topological polar surface area (TPSA) is 50.4 Å². The first-order valence-corrected chi connectivity index (χ1v) is 7.66. The van der Waals surface area contributed by atoms with Crippen LogP contribution in [0.4, 0.5) is 11.4 Å². The van der Waals surface area contributed by atoms with Crippen molar-refractivity contribution in [2.45, 2.75) is 0 Å². The molecule has 6 heteroatoms. The third kappa shape index (κ3) is 5.51. The molecule has 2 rings (SSSR count). The van der Waals surface area contributed by atoms with Gasteiger partial charge in [0.15, 0.2) is 0 Å². The molecule has 0 saturated carbocycles. The van der Waals surface area contributed by atoms with E-state index >= 15 is 0 Å². The second kappa shape index (κ2) is 8.46. The average Bonchev–Trinajstić information content (AvgIpc) is 2.54. The summed E-state index contributed by atoms with van der Waals surface area (Å²) in [5.41, 5.74) is 1.26. The number of nitrogens with one attached hydrogen (secondary N) is 2. The van der Waals surface area contributed by atoms with E-state index in [-0.39, 0.29) is 12.5 Å². The first-order chi connectivity index (χ1) is 11.1. The van der Waals surface area contributed by atoms with Gasteiger partial charge in [-0.25, -0.2) is 0 Å². The third-order valence-corrected chi connectivity index (χ3v) is 3.42. The average molecular weight is 351 g/mol. The lowest BCUT2D eigenvalue weighted by atomic mass is 10.3. The van der Waals surface area contributed by atoms with E-state index in [1.807, 2.05) is 6.07 Å². The lowest BCUT2D eigenvalue weighted by Gasteiger charge is -2.10. The smallest absolute Gasteiger partial charge is 0.243 e. The maximum absolute atomic E-state index is 12.0. The molecule has 0 unspecified atom stereocenters. The van der Waals surface area contributed by atoms with E-state index in [0.29, 0.717) is 33.8 Å². The molecule has 1 amide bonds. The number of halogens is 2. The van der Waals surface area contributed by atoms with Crippen molar-refractivity contribution in [2.75, 3.05) is 23.8 Å². The minimum Gasteiger partial charge on any atom is -0.489 e. The summed E-state index contributed by atoms with van der Waals surface area (Å²) in [4.78, 5) is 12.0. The number of amides is 1. The van der Waals surface area contributed by atoms with E-state index in [0.717, 1.165) is 0 Å². The Morgan fingerprint density at radius 1 is 1.22 bits per heavy atom. The van der Waals surface area contributed by atoms with Gasteiger partial charge in [-0.15, -0.1) is 0 Å². The molecule has 2 aromatic carbocycles. The molecule has 0 aliphatic carbocycles. The molecular formula is C17H16Cl2N2O2. The van der Waals surface area contributed by atoms with Crippen molar-refractivity contribution in [1.29, 1.82) is 0 Å². The molecule has 4 nitrogen and oxygen atoms in total. The Bertz CT molecular complexity index is 705. The Morgan fingerprint density at radius 2 is 2.04 bits per heavy atom. The van der Waals surface area contributed by atoms with Crippen molar-refractivity contribution in [1.82, 2.24) is 0 Å². The number of anilines is 2. The lowest BCUT2D eigenvalue weighted by Crippen LogP contribution is -2.21. The van der Waals surface area contributed by atoms with Crippen molar-refractivity contribution >= 4 is 40.5 Å². The summed E-state index contributed by atoms with van der Waals surface area (Å²) in [6.07, 6.45) is 1.66. The van der Waals surface area contributed by atoms with Gasteiger partial charge in [0, 0.05) is 16.8 Å². The van der Waals surface area contributed by atoms with Crippen molar-refractivity contribution < 1.29 is 9.53 Å². The van der Waals surface area contributed by atoms with Gasteiger partial charge in [-0.05, 0) is 30.3 Å². The maximum atomic E-state index is 12.0. The van der Waals surface area contributed by atoms with Crippen LogP contribution in [0, 0.1) is 0 Å². The van der Waals surface area contributed by atoms with Gasteiger partial charge in [-0.3, -0.25) is 4.79 Å². The SMILES string of the molecule is C=CCOc1cccc(NC(=O)CNc2cc(Cl)ccc2Cl)c1. The molecule has 2 aromatic rings. The lowest BCUT2D eigenvalue weighted by molar-refractivity contribution is -0.114. The van der Waals surface area contributed by atoms with E-state index < -0.39 is 0 Å². The standard InChI is InChI=1S/C17H16Cl2N2O2/c1-2-8-23-14-5-3-4-13(10-14)21-17(22)11-20-16-9-12(18)6-7-15(16)19/h2-7,9-10,20H,1,8,11H2,(H,21,22). The van der Waals surface area contributed by atoms with Crippen LogP contribution in [-0.4, -0.2) is 19.1 Å². The van der Waals surface area contributed by atoms with Gasteiger partial charge in [0.25, 0.3) is 0 Å². The summed E-state index contributed by atoms with van der Waals surface area (Å²) in [5.74, 6) is 0.454. The number of hydrogen-bond donors (Lipinski definition) is 2. The number of carbonyl (C=O) groups excluding carboxylic acids is 1. The zero-order valence-corrected chi connectivity index (χ0v) is 13.8. The first kappa shape index (κ1) is 17.2. The highest BCUT2D eigenvalue weighted by atomic mass is 35.5. The molecule has 2 N–H and O–H groups in total. The molecule has 0 spiro atoms. The van der Waals surface area contributed by atoms with Crippen LogP contribution in [-0.2, 0) is 4.79 Å². The fraction of sp³-hybridized carbons (Fsp3) is 0.118. The van der Waals surface area contributed by atoms with Crippen LogP contribution < -0.4 is 15.4 Å². The summed E-state index contributed by atoms with van der Waals surface area (Å²) >= 11 is 11.9.